The average Bonchev–Trinajstić information content (AvgIpc) is 2.79. The summed E-state index contributed by atoms with van der Waals surface area (Å²) in [6.07, 6.45) is 0.870. The number of carbonyl (C=O) groups is 3. The third-order valence-electron chi connectivity index (χ3n) is 5.06. The number of nitrogens with one attached hydrogen (secondary N) is 3. The predicted octanol–water partition coefficient (Wildman–Crippen LogP) is 3.75. The number of amides is 3. The molecule has 0 saturated carbocycles. The molecule has 0 heterocycles. The molecule has 2 aromatic carbocycles. The lowest BCUT2D eigenvalue weighted by atomic mass is 10.1. The van der Waals surface area contributed by atoms with Gasteiger partial charge in [-0.3, -0.25) is 14.4 Å². The highest BCUT2D eigenvalue weighted by molar-refractivity contribution is 5.97. The fourth-order valence-corrected chi connectivity index (χ4v) is 2.93. The molecular formula is C24H32N4O3. The minimum atomic E-state index is -0.207. The average molecular weight is 425 g/mol. The Morgan fingerprint density at radius 1 is 0.839 bits per heavy atom. The monoisotopic (exact) mass is 424 g/mol. The van der Waals surface area contributed by atoms with Gasteiger partial charge in [0.2, 0.25) is 5.91 Å². The Hall–Kier alpha value is -3.35. The predicted molar refractivity (Wildman–Crippen MR) is 124 cm³/mol. The van der Waals surface area contributed by atoms with Crippen LogP contribution in [0.2, 0.25) is 0 Å². The Kier molecular flexibility index (Phi) is 9.06. The van der Waals surface area contributed by atoms with Crippen LogP contribution in [0.15, 0.2) is 48.5 Å². The van der Waals surface area contributed by atoms with Crippen molar-refractivity contribution in [3.05, 3.63) is 59.7 Å². The number of carbonyl (C=O) groups excluding carboxylic acids is 3. The number of nitrogens with zero attached hydrogens (tertiary/aromatic N) is 1. The van der Waals surface area contributed by atoms with Gasteiger partial charge in [0.05, 0.1) is 6.54 Å². The number of hydrogen-bond donors (Lipinski definition) is 3. The van der Waals surface area contributed by atoms with Gasteiger partial charge in [-0.25, -0.2) is 0 Å². The molecule has 0 spiro atoms. The van der Waals surface area contributed by atoms with Crippen LogP contribution >= 0.6 is 0 Å². The van der Waals surface area contributed by atoms with Crippen LogP contribution in [0.4, 0.5) is 11.4 Å². The van der Waals surface area contributed by atoms with Gasteiger partial charge in [-0.1, -0.05) is 6.92 Å². The zero-order valence-electron chi connectivity index (χ0n) is 18.7. The summed E-state index contributed by atoms with van der Waals surface area (Å²) in [6, 6.07) is 14.0. The molecule has 31 heavy (non-hydrogen) atoms. The zero-order chi connectivity index (χ0) is 22.8. The van der Waals surface area contributed by atoms with E-state index in [9.17, 15) is 14.4 Å². The van der Waals surface area contributed by atoms with Crippen LogP contribution in [-0.2, 0) is 4.79 Å². The number of benzene rings is 2. The van der Waals surface area contributed by atoms with E-state index in [-0.39, 0.29) is 30.3 Å². The van der Waals surface area contributed by atoms with Gasteiger partial charge in [-0.2, -0.15) is 0 Å². The summed E-state index contributed by atoms with van der Waals surface area (Å²) in [5.74, 6) is -0.339. The van der Waals surface area contributed by atoms with E-state index in [2.05, 4.69) is 16.0 Å². The van der Waals surface area contributed by atoms with Gasteiger partial charge in [-0.05, 0) is 75.7 Å². The first-order chi connectivity index (χ1) is 14.9. The van der Waals surface area contributed by atoms with Gasteiger partial charge in [0.15, 0.2) is 0 Å². The van der Waals surface area contributed by atoms with Gasteiger partial charge in [0.1, 0.15) is 0 Å². The Morgan fingerprint density at radius 3 is 1.94 bits per heavy atom. The molecule has 0 fully saturated rings. The van der Waals surface area contributed by atoms with Gasteiger partial charge in [0.25, 0.3) is 11.8 Å². The van der Waals surface area contributed by atoms with Crippen molar-refractivity contribution < 1.29 is 14.4 Å². The third-order valence-corrected chi connectivity index (χ3v) is 5.06. The van der Waals surface area contributed by atoms with Crippen molar-refractivity contribution in [1.29, 1.82) is 0 Å². The molecule has 0 bridgehead atoms. The molecule has 166 valence electrons. The van der Waals surface area contributed by atoms with E-state index in [1.807, 2.05) is 27.7 Å². The summed E-state index contributed by atoms with van der Waals surface area (Å²) < 4.78 is 0. The number of anilines is 2. The molecule has 2 rings (SSSR count). The highest BCUT2D eigenvalue weighted by Gasteiger charge is 2.12. The fraction of sp³-hybridized carbons (Fsp3) is 0.375. The molecule has 0 aliphatic rings. The van der Waals surface area contributed by atoms with Crippen molar-refractivity contribution >= 4 is 29.1 Å². The fourth-order valence-electron chi connectivity index (χ4n) is 2.93. The molecule has 0 saturated heterocycles. The van der Waals surface area contributed by atoms with Crippen LogP contribution in [0.5, 0.6) is 0 Å². The van der Waals surface area contributed by atoms with Gasteiger partial charge < -0.3 is 20.9 Å². The first-order valence-electron chi connectivity index (χ1n) is 10.7. The Balaban J connectivity index is 1.85. The van der Waals surface area contributed by atoms with Crippen molar-refractivity contribution in [2.24, 2.45) is 0 Å². The van der Waals surface area contributed by atoms with Gasteiger partial charge in [-0.15, -0.1) is 0 Å². The van der Waals surface area contributed by atoms with Gasteiger partial charge >= 0.3 is 0 Å². The molecule has 0 aliphatic carbocycles. The van der Waals surface area contributed by atoms with Crippen molar-refractivity contribution in [2.45, 2.75) is 40.2 Å². The lowest BCUT2D eigenvalue weighted by Gasteiger charge is -2.18. The topological polar surface area (TPSA) is 90.5 Å². The van der Waals surface area contributed by atoms with E-state index < -0.39 is 0 Å². The summed E-state index contributed by atoms with van der Waals surface area (Å²) >= 11 is 0. The van der Waals surface area contributed by atoms with E-state index in [0.717, 1.165) is 12.1 Å². The van der Waals surface area contributed by atoms with Crippen molar-refractivity contribution in [1.82, 2.24) is 10.2 Å². The summed E-state index contributed by atoms with van der Waals surface area (Å²) in [5.41, 5.74) is 2.54. The summed E-state index contributed by atoms with van der Waals surface area (Å²) in [5, 5.41) is 8.76. The molecule has 7 nitrogen and oxygen atoms in total. The molecule has 0 aliphatic heterocycles. The SMILES string of the molecule is CCC(C)NC(=O)c1ccc(NCC(=O)Nc2ccc(C(=O)N(CC)CC)cc2)cc1. The standard InChI is InChI=1S/C24H32N4O3/c1-5-17(4)26-23(30)18-8-12-20(13-9-18)25-16-22(29)27-21-14-10-19(11-15-21)24(31)28(6-2)7-3/h8-15,17,25H,5-7,16H2,1-4H3,(H,26,30)(H,27,29). The van der Waals surface area contributed by atoms with E-state index in [0.29, 0.717) is 29.9 Å². The lowest BCUT2D eigenvalue weighted by molar-refractivity contribution is -0.114. The van der Waals surface area contributed by atoms with E-state index in [4.69, 9.17) is 0 Å². The molecule has 1 atom stereocenters. The first kappa shape index (κ1) is 23.9. The van der Waals surface area contributed by atoms with E-state index >= 15 is 0 Å². The maximum atomic E-state index is 12.3. The Labute approximate surface area is 184 Å². The highest BCUT2D eigenvalue weighted by Crippen LogP contribution is 2.13. The smallest absolute Gasteiger partial charge is 0.253 e. The Bertz CT molecular complexity index is 875. The molecular weight excluding hydrogens is 392 g/mol. The normalized spacial score (nSPS) is 11.4. The maximum absolute atomic E-state index is 12.3. The minimum absolute atomic E-state index is 0.0224. The van der Waals surface area contributed by atoms with E-state index in [1.54, 1.807) is 53.4 Å². The first-order valence-corrected chi connectivity index (χ1v) is 10.7. The van der Waals surface area contributed by atoms with Crippen molar-refractivity contribution in [3.63, 3.8) is 0 Å². The maximum Gasteiger partial charge on any atom is 0.253 e. The number of rotatable bonds is 10. The molecule has 0 aromatic heterocycles. The van der Waals surface area contributed by atoms with Crippen LogP contribution in [0, 0.1) is 0 Å². The summed E-state index contributed by atoms with van der Waals surface area (Å²) in [6.45, 7) is 9.26. The highest BCUT2D eigenvalue weighted by atomic mass is 16.2. The quantitative estimate of drug-likeness (QED) is 0.542. The zero-order valence-corrected chi connectivity index (χ0v) is 18.7. The Morgan fingerprint density at radius 2 is 1.39 bits per heavy atom. The molecule has 3 N–H and O–H groups in total. The van der Waals surface area contributed by atoms with Crippen LogP contribution in [-0.4, -0.2) is 48.3 Å². The van der Waals surface area contributed by atoms with Crippen molar-refractivity contribution in [2.75, 3.05) is 30.3 Å². The largest absolute Gasteiger partial charge is 0.376 e. The van der Waals surface area contributed by atoms with E-state index in [1.165, 1.54) is 0 Å². The molecule has 2 aromatic rings. The third kappa shape index (κ3) is 7.13. The summed E-state index contributed by atoms with van der Waals surface area (Å²) in [4.78, 5) is 38.4. The second-order valence-electron chi connectivity index (χ2n) is 7.32. The second-order valence-corrected chi connectivity index (χ2v) is 7.32. The second kappa shape index (κ2) is 11.7. The van der Waals surface area contributed by atoms with Crippen molar-refractivity contribution in [3.8, 4) is 0 Å². The van der Waals surface area contributed by atoms with Crippen LogP contribution in [0.25, 0.3) is 0 Å². The van der Waals surface area contributed by atoms with Crippen LogP contribution in [0.3, 0.4) is 0 Å². The van der Waals surface area contributed by atoms with Crippen LogP contribution < -0.4 is 16.0 Å². The molecule has 0 radical (unpaired) electrons. The van der Waals surface area contributed by atoms with Crippen LogP contribution in [0.1, 0.15) is 54.8 Å². The van der Waals surface area contributed by atoms with Gasteiger partial charge in [0, 0.05) is 41.6 Å². The number of hydrogen-bond acceptors (Lipinski definition) is 4. The minimum Gasteiger partial charge on any atom is -0.376 e. The lowest BCUT2D eigenvalue weighted by Crippen LogP contribution is -2.31. The molecule has 7 heteroatoms. The summed E-state index contributed by atoms with van der Waals surface area (Å²) in [7, 11) is 0. The molecule has 3 amide bonds. The molecule has 1 unspecified atom stereocenters.